The van der Waals surface area contributed by atoms with E-state index in [1.165, 1.54) is 13.1 Å². The number of anilines is 1. The third kappa shape index (κ3) is 5.76. The van der Waals surface area contributed by atoms with Gasteiger partial charge in [0.25, 0.3) is 5.91 Å². The average Bonchev–Trinajstić information content (AvgIpc) is 2.61. The van der Waals surface area contributed by atoms with Gasteiger partial charge in [-0.25, -0.2) is 0 Å². The largest absolute Gasteiger partial charge is 0.493 e. The number of ketones is 1. The molecule has 0 saturated carbocycles. The van der Waals surface area contributed by atoms with Crippen molar-refractivity contribution in [3.63, 3.8) is 0 Å². The number of para-hydroxylation sites is 1. The molecule has 130 valence electrons. The molecule has 25 heavy (non-hydrogen) atoms. The van der Waals surface area contributed by atoms with Crippen LogP contribution in [-0.2, 0) is 9.63 Å². The van der Waals surface area contributed by atoms with Crippen molar-refractivity contribution in [2.24, 2.45) is 5.16 Å². The van der Waals surface area contributed by atoms with Gasteiger partial charge >= 0.3 is 0 Å². The monoisotopic (exact) mass is 340 g/mol. The van der Waals surface area contributed by atoms with E-state index in [0.29, 0.717) is 23.6 Å². The maximum absolute atomic E-state index is 11.8. The fraction of sp³-hybridized carbons (Fsp3) is 0.211. The second-order valence-corrected chi connectivity index (χ2v) is 5.16. The zero-order chi connectivity index (χ0) is 18.1. The van der Waals surface area contributed by atoms with Crippen molar-refractivity contribution in [3.05, 3.63) is 59.7 Å². The quantitative estimate of drug-likeness (QED) is 0.454. The van der Waals surface area contributed by atoms with E-state index in [4.69, 9.17) is 9.57 Å². The lowest BCUT2D eigenvalue weighted by molar-refractivity contribution is -0.120. The molecule has 0 aliphatic heterocycles. The van der Waals surface area contributed by atoms with Crippen LogP contribution in [0.25, 0.3) is 0 Å². The molecular weight excluding hydrogens is 320 g/mol. The normalized spacial score (nSPS) is 10.5. The Bertz CT molecular complexity index is 754. The van der Waals surface area contributed by atoms with Crippen LogP contribution in [0.2, 0.25) is 0 Å². The van der Waals surface area contributed by atoms with Gasteiger partial charge in [-0.3, -0.25) is 9.59 Å². The Hall–Kier alpha value is -3.15. The first-order valence-corrected chi connectivity index (χ1v) is 7.88. The number of carbonyl (C=O) groups excluding carboxylic acids is 2. The zero-order valence-corrected chi connectivity index (χ0v) is 14.2. The third-order valence-electron chi connectivity index (χ3n) is 3.26. The molecule has 1 N–H and O–H groups in total. The van der Waals surface area contributed by atoms with Gasteiger partial charge in [0, 0.05) is 16.8 Å². The molecule has 0 saturated heterocycles. The second-order valence-electron chi connectivity index (χ2n) is 5.16. The molecule has 0 aliphatic carbocycles. The summed E-state index contributed by atoms with van der Waals surface area (Å²) in [7, 11) is 0. The van der Waals surface area contributed by atoms with Gasteiger partial charge < -0.3 is 14.9 Å². The topological polar surface area (TPSA) is 77.0 Å². The van der Waals surface area contributed by atoms with Gasteiger partial charge in [-0.1, -0.05) is 17.3 Å². The minimum Gasteiger partial charge on any atom is -0.493 e. The number of Topliss-reactive ketones (excluding diaryl/α,β-unsaturated/α-hetero) is 1. The van der Waals surface area contributed by atoms with Crippen molar-refractivity contribution in [3.8, 4) is 5.75 Å². The van der Waals surface area contributed by atoms with Crippen LogP contribution in [0.15, 0.2) is 53.7 Å². The molecule has 0 aliphatic rings. The smallest absolute Gasteiger partial charge is 0.265 e. The van der Waals surface area contributed by atoms with Gasteiger partial charge in [0.15, 0.2) is 12.4 Å². The number of rotatable bonds is 8. The molecule has 6 nitrogen and oxygen atoms in total. The molecule has 0 fully saturated rings. The van der Waals surface area contributed by atoms with Crippen molar-refractivity contribution in [1.82, 2.24) is 0 Å². The molecule has 2 rings (SSSR count). The SMILES string of the molecule is CCOc1ccccc1C=NOCC(=O)Nc1ccc(C(C)=O)cc1. The lowest BCUT2D eigenvalue weighted by Gasteiger charge is -2.06. The fourth-order valence-electron chi connectivity index (χ4n) is 2.05. The van der Waals surface area contributed by atoms with E-state index in [-0.39, 0.29) is 18.3 Å². The number of benzene rings is 2. The van der Waals surface area contributed by atoms with Crippen LogP contribution in [0.3, 0.4) is 0 Å². The third-order valence-corrected chi connectivity index (χ3v) is 3.26. The maximum atomic E-state index is 11.8. The van der Waals surface area contributed by atoms with Crippen LogP contribution in [-0.4, -0.2) is 31.1 Å². The van der Waals surface area contributed by atoms with E-state index in [1.54, 1.807) is 24.3 Å². The van der Waals surface area contributed by atoms with Crippen LogP contribution in [0.4, 0.5) is 5.69 Å². The summed E-state index contributed by atoms with van der Waals surface area (Å²) in [5.41, 5.74) is 1.95. The van der Waals surface area contributed by atoms with E-state index >= 15 is 0 Å². The summed E-state index contributed by atoms with van der Waals surface area (Å²) in [6, 6.07) is 14.0. The van der Waals surface area contributed by atoms with Crippen LogP contribution >= 0.6 is 0 Å². The predicted molar refractivity (Wildman–Crippen MR) is 96.2 cm³/mol. The Kier molecular flexibility index (Phi) is 6.71. The van der Waals surface area contributed by atoms with E-state index in [9.17, 15) is 9.59 Å². The highest BCUT2D eigenvalue weighted by molar-refractivity contribution is 5.95. The molecular formula is C19H20N2O4. The summed E-state index contributed by atoms with van der Waals surface area (Å²) in [6.45, 7) is 3.72. The van der Waals surface area contributed by atoms with Crippen molar-refractivity contribution >= 4 is 23.6 Å². The van der Waals surface area contributed by atoms with Crippen molar-refractivity contribution < 1.29 is 19.2 Å². The Balaban J connectivity index is 1.83. The maximum Gasteiger partial charge on any atom is 0.265 e. The molecule has 1 amide bonds. The van der Waals surface area contributed by atoms with Crippen LogP contribution in [0.1, 0.15) is 29.8 Å². The zero-order valence-electron chi connectivity index (χ0n) is 14.2. The number of carbonyl (C=O) groups is 2. The van der Waals surface area contributed by atoms with Gasteiger partial charge in [-0.15, -0.1) is 0 Å². The number of ether oxygens (including phenoxy) is 1. The van der Waals surface area contributed by atoms with E-state index < -0.39 is 0 Å². The number of amides is 1. The Labute approximate surface area is 146 Å². The van der Waals surface area contributed by atoms with Gasteiger partial charge in [-0.05, 0) is 50.2 Å². The first-order valence-electron chi connectivity index (χ1n) is 7.88. The van der Waals surface area contributed by atoms with Crippen molar-refractivity contribution in [1.29, 1.82) is 0 Å². The highest BCUT2D eigenvalue weighted by Gasteiger charge is 2.04. The molecule has 0 radical (unpaired) electrons. The molecule has 6 heteroatoms. The summed E-state index contributed by atoms with van der Waals surface area (Å²) in [5.74, 6) is 0.334. The number of nitrogens with one attached hydrogen (secondary N) is 1. The molecule has 0 spiro atoms. The van der Waals surface area contributed by atoms with Gasteiger partial charge in [0.1, 0.15) is 5.75 Å². The number of nitrogens with zero attached hydrogens (tertiary/aromatic N) is 1. The lowest BCUT2D eigenvalue weighted by atomic mass is 10.1. The molecule has 0 bridgehead atoms. The first kappa shape index (κ1) is 18.2. The summed E-state index contributed by atoms with van der Waals surface area (Å²) < 4.78 is 5.47. The fourth-order valence-corrected chi connectivity index (χ4v) is 2.05. The van der Waals surface area contributed by atoms with Gasteiger partial charge in [0.2, 0.25) is 0 Å². The molecule has 0 atom stereocenters. The Morgan fingerprint density at radius 2 is 1.84 bits per heavy atom. The van der Waals surface area contributed by atoms with Crippen molar-refractivity contribution in [2.75, 3.05) is 18.5 Å². The molecule has 2 aromatic carbocycles. The predicted octanol–water partition coefficient (Wildman–Crippen LogP) is 3.28. The standard InChI is InChI=1S/C19H20N2O4/c1-3-24-18-7-5-4-6-16(18)12-20-25-13-19(23)21-17-10-8-15(9-11-17)14(2)22/h4-12H,3,13H2,1-2H3,(H,21,23). The highest BCUT2D eigenvalue weighted by Crippen LogP contribution is 2.15. The van der Waals surface area contributed by atoms with E-state index in [0.717, 1.165) is 5.56 Å². The average molecular weight is 340 g/mol. The summed E-state index contributed by atoms with van der Waals surface area (Å²) in [6.07, 6.45) is 1.50. The first-order chi connectivity index (χ1) is 12.1. The molecule has 2 aromatic rings. The van der Waals surface area contributed by atoms with Crippen LogP contribution in [0, 0.1) is 0 Å². The second kappa shape index (κ2) is 9.22. The van der Waals surface area contributed by atoms with Crippen molar-refractivity contribution in [2.45, 2.75) is 13.8 Å². The molecule has 0 heterocycles. The minimum absolute atomic E-state index is 0.0251. The summed E-state index contributed by atoms with van der Waals surface area (Å²) >= 11 is 0. The summed E-state index contributed by atoms with van der Waals surface area (Å²) in [5, 5.41) is 6.46. The number of hydrogen-bond acceptors (Lipinski definition) is 5. The van der Waals surface area contributed by atoms with E-state index in [1.807, 2.05) is 31.2 Å². The highest BCUT2D eigenvalue weighted by atomic mass is 16.6. The van der Waals surface area contributed by atoms with Gasteiger partial charge in [0.05, 0.1) is 12.8 Å². The lowest BCUT2D eigenvalue weighted by Crippen LogP contribution is -2.17. The van der Waals surface area contributed by atoms with Gasteiger partial charge in [-0.2, -0.15) is 0 Å². The Morgan fingerprint density at radius 3 is 2.52 bits per heavy atom. The van der Waals surface area contributed by atoms with Crippen LogP contribution < -0.4 is 10.1 Å². The Morgan fingerprint density at radius 1 is 1.12 bits per heavy atom. The molecule has 0 unspecified atom stereocenters. The minimum atomic E-state index is -0.342. The van der Waals surface area contributed by atoms with E-state index in [2.05, 4.69) is 10.5 Å². The molecule has 0 aromatic heterocycles. The number of oxime groups is 1. The number of hydrogen-bond donors (Lipinski definition) is 1. The summed E-state index contributed by atoms with van der Waals surface area (Å²) in [4.78, 5) is 28.0. The van der Waals surface area contributed by atoms with Crippen LogP contribution in [0.5, 0.6) is 5.75 Å².